The van der Waals surface area contributed by atoms with E-state index in [-0.39, 0.29) is 5.56 Å². The van der Waals surface area contributed by atoms with Crippen molar-refractivity contribution in [1.29, 1.82) is 0 Å². The Morgan fingerprint density at radius 2 is 1.74 bits per heavy atom. The zero-order valence-electron chi connectivity index (χ0n) is 15.7. The van der Waals surface area contributed by atoms with Crippen LogP contribution in [0.5, 0.6) is 5.75 Å². The number of fused-ring (bicyclic) bond motifs is 1. The Bertz CT molecular complexity index is 990. The zero-order chi connectivity index (χ0) is 18.6. The number of rotatable bonds is 5. The van der Waals surface area contributed by atoms with Gasteiger partial charge < -0.3 is 4.74 Å². The van der Waals surface area contributed by atoms with Crippen molar-refractivity contribution < 1.29 is 4.74 Å². The molecule has 0 spiro atoms. The van der Waals surface area contributed by atoms with Gasteiger partial charge in [-0.05, 0) is 57.1 Å². The molecule has 0 bridgehead atoms. The highest BCUT2D eigenvalue weighted by Crippen LogP contribution is 2.24. The lowest BCUT2D eigenvalue weighted by atomic mass is 10.1. The molecule has 0 unspecified atom stereocenters. The third-order valence-corrected chi connectivity index (χ3v) is 5.06. The van der Waals surface area contributed by atoms with E-state index in [0.717, 1.165) is 30.1 Å². The molecular weight excluding hydrogens is 338 g/mol. The molecule has 1 aliphatic rings. The maximum absolute atomic E-state index is 13.4. The van der Waals surface area contributed by atoms with Crippen LogP contribution in [-0.4, -0.2) is 34.1 Å². The number of aromatic nitrogens is 2. The molecule has 2 aromatic carbocycles. The molecule has 3 aromatic rings. The second-order valence-electron chi connectivity index (χ2n) is 6.92. The van der Waals surface area contributed by atoms with Gasteiger partial charge in [-0.1, -0.05) is 30.7 Å². The number of hydrogen-bond acceptors (Lipinski definition) is 4. The topological polar surface area (TPSA) is 47.4 Å². The van der Waals surface area contributed by atoms with Gasteiger partial charge >= 0.3 is 0 Å². The quantitative estimate of drug-likeness (QED) is 0.692. The molecule has 1 fully saturated rings. The first-order valence-corrected chi connectivity index (χ1v) is 9.73. The summed E-state index contributed by atoms with van der Waals surface area (Å²) in [7, 11) is 0. The van der Waals surface area contributed by atoms with E-state index in [1.54, 1.807) is 4.57 Å². The van der Waals surface area contributed by atoms with Gasteiger partial charge in [-0.2, -0.15) is 0 Å². The third kappa shape index (κ3) is 3.60. The number of piperidine rings is 1. The van der Waals surface area contributed by atoms with Gasteiger partial charge in [-0.3, -0.25) is 14.3 Å². The van der Waals surface area contributed by atoms with Crippen LogP contribution in [0.25, 0.3) is 16.6 Å². The number of para-hydroxylation sites is 3. The van der Waals surface area contributed by atoms with Crippen LogP contribution in [-0.2, 0) is 6.54 Å². The highest BCUT2D eigenvalue weighted by molar-refractivity contribution is 5.78. The number of nitrogens with zero attached hydrogens (tertiary/aromatic N) is 3. The largest absolute Gasteiger partial charge is 0.492 e. The summed E-state index contributed by atoms with van der Waals surface area (Å²) in [6.07, 6.45) is 3.68. The van der Waals surface area contributed by atoms with Crippen LogP contribution >= 0.6 is 0 Å². The lowest BCUT2D eigenvalue weighted by Gasteiger charge is -2.27. The standard InChI is InChI=1S/C22H25N3O2/c1-2-27-20-13-7-6-12-19(20)25-21(16-24-14-8-3-9-15-24)23-18-11-5-4-10-17(18)22(25)26/h4-7,10-13H,2-3,8-9,14-16H2,1H3. The Hall–Kier alpha value is -2.66. The minimum atomic E-state index is -0.0419. The zero-order valence-corrected chi connectivity index (χ0v) is 15.7. The van der Waals surface area contributed by atoms with Crippen LogP contribution < -0.4 is 10.3 Å². The van der Waals surface area contributed by atoms with Gasteiger partial charge in [0.25, 0.3) is 5.56 Å². The van der Waals surface area contributed by atoms with Crippen LogP contribution in [0.15, 0.2) is 53.3 Å². The summed E-state index contributed by atoms with van der Waals surface area (Å²) in [6, 6.07) is 15.3. The van der Waals surface area contributed by atoms with Gasteiger partial charge in [0, 0.05) is 0 Å². The smallest absolute Gasteiger partial charge is 0.266 e. The van der Waals surface area contributed by atoms with Crippen LogP contribution in [0.3, 0.4) is 0 Å². The highest BCUT2D eigenvalue weighted by Gasteiger charge is 2.19. The van der Waals surface area contributed by atoms with E-state index in [1.165, 1.54) is 19.3 Å². The molecule has 0 radical (unpaired) electrons. The molecule has 4 rings (SSSR count). The predicted octanol–water partition coefficient (Wildman–Crippen LogP) is 3.77. The van der Waals surface area contributed by atoms with Crippen LogP contribution in [0.1, 0.15) is 32.0 Å². The van der Waals surface area contributed by atoms with Crippen molar-refractivity contribution in [2.75, 3.05) is 19.7 Å². The minimum absolute atomic E-state index is 0.0419. The van der Waals surface area contributed by atoms with Crippen molar-refractivity contribution in [1.82, 2.24) is 14.5 Å². The van der Waals surface area contributed by atoms with Crippen molar-refractivity contribution in [2.24, 2.45) is 0 Å². The number of likely N-dealkylation sites (tertiary alicyclic amines) is 1. The Labute approximate surface area is 159 Å². The molecule has 0 aliphatic carbocycles. The molecule has 0 saturated carbocycles. The van der Waals surface area contributed by atoms with E-state index < -0.39 is 0 Å². The molecule has 1 aromatic heterocycles. The number of hydrogen-bond donors (Lipinski definition) is 0. The van der Waals surface area contributed by atoms with E-state index in [2.05, 4.69) is 4.90 Å². The summed E-state index contributed by atoms with van der Waals surface area (Å²) >= 11 is 0. The second-order valence-corrected chi connectivity index (χ2v) is 6.92. The average Bonchev–Trinajstić information content (AvgIpc) is 2.70. The summed E-state index contributed by atoms with van der Waals surface area (Å²) in [5.41, 5.74) is 1.47. The van der Waals surface area contributed by atoms with Crippen molar-refractivity contribution in [3.63, 3.8) is 0 Å². The number of ether oxygens (including phenoxy) is 1. The Kier molecular flexibility index (Phi) is 5.21. The second kappa shape index (κ2) is 7.92. The fourth-order valence-electron chi connectivity index (χ4n) is 3.77. The number of benzene rings is 2. The van der Waals surface area contributed by atoms with Gasteiger partial charge in [0.05, 0.1) is 29.7 Å². The molecule has 0 amide bonds. The first kappa shape index (κ1) is 17.7. The van der Waals surface area contributed by atoms with Gasteiger partial charge in [0.15, 0.2) is 0 Å². The lowest BCUT2D eigenvalue weighted by molar-refractivity contribution is 0.214. The van der Waals surface area contributed by atoms with Crippen molar-refractivity contribution in [2.45, 2.75) is 32.7 Å². The molecule has 5 nitrogen and oxygen atoms in total. The predicted molar refractivity (Wildman–Crippen MR) is 108 cm³/mol. The van der Waals surface area contributed by atoms with Crippen molar-refractivity contribution >= 4 is 10.9 Å². The van der Waals surface area contributed by atoms with E-state index in [1.807, 2.05) is 55.5 Å². The fraction of sp³-hybridized carbons (Fsp3) is 0.364. The third-order valence-electron chi connectivity index (χ3n) is 5.06. The minimum Gasteiger partial charge on any atom is -0.492 e. The van der Waals surface area contributed by atoms with Crippen LogP contribution in [0.2, 0.25) is 0 Å². The molecule has 5 heteroatoms. The Morgan fingerprint density at radius 1 is 1.00 bits per heavy atom. The summed E-state index contributed by atoms with van der Waals surface area (Å²) < 4.78 is 7.54. The monoisotopic (exact) mass is 363 g/mol. The van der Waals surface area contributed by atoms with Crippen LogP contribution in [0, 0.1) is 0 Å². The molecule has 27 heavy (non-hydrogen) atoms. The highest BCUT2D eigenvalue weighted by atomic mass is 16.5. The van der Waals surface area contributed by atoms with Gasteiger partial charge in [0.2, 0.25) is 0 Å². The molecular formula is C22H25N3O2. The van der Waals surface area contributed by atoms with E-state index in [0.29, 0.717) is 24.3 Å². The maximum atomic E-state index is 13.4. The molecule has 2 heterocycles. The summed E-state index contributed by atoms with van der Waals surface area (Å²) in [5, 5.41) is 0.631. The van der Waals surface area contributed by atoms with Gasteiger partial charge in [0.1, 0.15) is 11.6 Å². The fourth-order valence-corrected chi connectivity index (χ4v) is 3.77. The average molecular weight is 363 g/mol. The SMILES string of the molecule is CCOc1ccccc1-n1c(CN2CCCCC2)nc2ccccc2c1=O. The normalized spacial score (nSPS) is 15.1. The first-order chi connectivity index (χ1) is 13.3. The molecule has 140 valence electrons. The van der Waals surface area contributed by atoms with E-state index >= 15 is 0 Å². The van der Waals surface area contributed by atoms with E-state index in [4.69, 9.17) is 9.72 Å². The Morgan fingerprint density at radius 3 is 2.56 bits per heavy atom. The summed E-state index contributed by atoms with van der Waals surface area (Å²) in [4.78, 5) is 20.7. The van der Waals surface area contributed by atoms with Crippen molar-refractivity contribution in [3.8, 4) is 11.4 Å². The van der Waals surface area contributed by atoms with Crippen LogP contribution in [0.4, 0.5) is 0 Å². The van der Waals surface area contributed by atoms with Crippen molar-refractivity contribution in [3.05, 3.63) is 64.7 Å². The van der Waals surface area contributed by atoms with Gasteiger partial charge in [-0.15, -0.1) is 0 Å². The Balaban J connectivity index is 1.90. The van der Waals surface area contributed by atoms with Gasteiger partial charge in [-0.25, -0.2) is 4.98 Å². The lowest BCUT2D eigenvalue weighted by Crippen LogP contribution is -2.33. The van der Waals surface area contributed by atoms with E-state index in [9.17, 15) is 4.79 Å². The molecule has 0 atom stereocenters. The molecule has 1 aliphatic heterocycles. The molecule has 1 saturated heterocycles. The molecule has 0 N–H and O–H groups in total. The summed E-state index contributed by atoms with van der Waals surface area (Å²) in [5.74, 6) is 1.48. The maximum Gasteiger partial charge on any atom is 0.266 e. The first-order valence-electron chi connectivity index (χ1n) is 9.73. The summed E-state index contributed by atoms with van der Waals surface area (Å²) in [6.45, 7) is 5.27.